The van der Waals surface area contributed by atoms with E-state index in [1.165, 1.54) is 5.19 Å². The molecule has 0 amide bonds. The standard InChI is InChI=1S/C17H20OSi/c1-19(2,17-13-7-4-8-14-17)18-15-9-12-16-10-5-3-6-11-16/h3-14H,15H2,1-2H3/b12-9+/i15D. The van der Waals surface area contributed by atoms with Crippen LogP contribution in [0, 0.1) is 0 Å². The third kappa shape index (κ3) is 4.19. The van der Waals surface area contributed by atoms with Gasteiger partial charge in [-0.05, 0) is 23.8 Å². The van der Waals surface area contributed by atoms with Crippen LogP contribution in [0.3, 0.4) is 0 Å². The molecule has 2 aromatic rings. The van der Waals surface area contributed by atoms with Gasteiger partial charge in [0.05, 0.1) is 7.95 Å². The first-order valence-corrected chi connectivity index (χ1v) is 9.37. The van der Waals surface area contributed by atoms with Crippen LogP contribution < -0.4 is 5.19 Å². The fourth-order valence-electron chi connectivity index (χ4n) is 1.83. The van der Waals surface area contributed by atoms with E-state index in [-0.39, 0.29) is 0 Å². The summed E-state index contributed by atoms with van der Waals surface area (Å²) in [5.74, 6) is 0. The van der Waals surface area contributed by atoms with E-state index in [0.717, 1.165) is 5.56 Å². The Morgan fingerprint density at radius 2 is 1.58 bits per heavy atom. The van der Waals surface area contributed by atoms with Crippen molar-refractivity contribution in [1.29, 1.82) is 0 Å². The SMILES string of the molecule is [2H]C(/C=C/c1ccccc1)O[Si](C)(C)c1ccccc1. The van der Waals surface area contributed by atoms with Gasteiger partial charge in [0.25, 0.3) is 0 Å². The van der Waals surface area contributed by atoms with Gasteiger partial charge in [0, 0.05) is 0 Å². The molecule has 1 unspecified atom stereocenters. The maximum atomic E-state index is 8.05. The Hall–Kier alpha value is -1.64. The second-order valence-corrected chi connectivity index (χ2v) is 8.73. The van der Waals surface area contributed by atoms with Crippen molar-refractivity contribution >= 4 is 19.6 Å². The van der Waals surface area contributed by atoms with Crippen molar-refractivity contribution in [2.24, 2.45) is 0 Å². The van der Waals surface area contributed by atoms with Crippen LogP contribution in [-0.2, 0) is 4.43 Å². The van der Waals surface area contributed by atoms with Crippen molar-refractivity contribution in [3.05, 3.63) is 72.3 Å². The zero-order valence-corrected chi connectivity index (χ0v) is 12.4. The third-order valence-electron chi connectivity index (χ3n) is 3.00. The van der Waals surface area contributed by atoms with E-state index in [9.17, 15) is 0 Å². The lowest BCUT2D eigenvalue weighted by Gasteiger charge is -2.22. The molecule has 0 aliphatic heterocycles. The molecule has 0 heterocycles. The lowest BCUT2D eigenvalue weighted by atomic mass is 10.2. The van der Waals surface area contributed by atoms with Crippen LogP contribution in [0.4, 0.5) is 0 Å². The first kappa shape index (κ1) is 12.4. The Bertz CT molecular complexity index is 552. The van der Waals surface area contributed by atoms with Crippen LogP contribution in [0.2, 0.25) is 13.1 Å². The molecule has 0 spiro atoms. The van der Waals surface area contributed by atoms with Gasteiger partial charge in [-0.25, -0.2) is 0 Å². The quantitative estimate of drug-likeness (QED) is 0.750. The zero-order chi connectivity index (χ0) is 14.4. The average Bonchev–Trinajstić information content (AvgIpc) is 2.47. The molecule has 2 heteroatoms. The van der Waals surface area contributed by atoms with Gasteiger partial charge in [0.2, 0.25) is 8.32 Å². The van der Waals surface area contributed by atoms with Gasteiger partial charge in [0.1, 0.15) is 0 Å². The Balaban J connectivity index is 2.01. The molecule has 0 aromatic heterocycles. The third-order valence-corrected chi connectivity index (χ3v) is 5.45. The summed E-state index contributed by atoms with van der Waals surface area (Å²) in [7, 11) is -2.02. The van der Waals surface area contributed by atoms with Gasteiger partial charge in [-0.15, -0.1) is 0 Å². The van der Waals surface area contributed by atoms with E-state index < -0.39 is 14.9 Å². The average molecular weight is 269 g/mol. The molecule has 1 atom stereocenters. The highest BCUT2D eigenvalue weighted by Crippen LogP contribution is 2.06. The summed E-state index contributed by atoms with van der Waals surface area (Å²) in [6, 6.07) is 20.2. The highest BCUT2D eigenvalue weighted by molar-refractivity contribution is 6.84. The molecule has 0 aliphatic rings. The lowest BCUT2D eigenvalue weighted by Crippen LogP contribution is -2.44. The number of hydrogen-bond donors (Lipinski definition) is 0. The number of rotatable bonds is 5. The summed E-state index contributed by atoms with van der Waals surface area (Å²) in [5, 5.41) is 1.21. The first-order chi connectivity index (χ1) is 9.58. The molecule has 2 aromatic carbocycles. The molecule has 0 aliphatic carbocycles. The van der Waals surface area contributed by atoms with Gasteiger partial charge in [-0.1, -0.05) is 72.8 Å². The summed E-state index contributed by atoms with van der Waals surface area (Å²) in [5.41, 5.74) is 1.09. The van der Waals surface area contributed by atoms with E-state index in [4.69, 9.17) is 5.80 Å². The Morgan fingerprint density at radius 1 is 1.00 bits per heavy atom. The normalized spacial score (nSPS) is 14.3. The van der Waals surface area contributed by atoms with E-state index >= 15 is 0 Å². The van der Waals surface area contributed by atoms with E-state index in [1.54, 1.807) is 6.08 Å². The first-order valence-electron chi connectivity index (χ1n) is 7.04. The van der Waals surface area contributed by atoms with E-state index in [2.05, 4.69) is 25.2 Å². The Kier molecular flexibility index (Phi) is 4.24. The van der Waals surface area contributed by atoms with Crippen LogP contribution in [0.5, 0.6) is 0 Å². The van der Waals surface area contributed by atoms with Gasteiger partial charge in [-0.3, -0.25) is 0 Å². The lowest BCUT2D eigenvalue weighted by molar-refractivity contribution is 0.363. The van der Waals surface area contributed by atoms with Crippen molar-refractivity contribution in [3.63, 3.8) is 0 Å². The summed E-state index contributed by atoms with van der Waals surface area (Å²) in [6.45, 7) is 3.62. The molecule has 1 nitrogen and oxygen atoms in total. The van der Waals surface area contributed by atoms with Crippen LogP contribution in [0.25, 0.3) is 6.08 Å². The van der Waals surface area contributed by atoms with Crippen LogP contribution in [0.1, 0.15) is 6.93 Å². The van der Waals surface area contributed by atoms with Gasteiger partial charge >= 0.3 is 0 Å². The molecule has 0 N–H and O–H groups in total. The fourth-order valence-corrected chi connectivity index (χ4v) is 3.38. The molecule has 0 fully saturated rings. The molecule has 0 saturated carbocycles. The minimum absolute atomic E-state index is 0.628. The number of hydrogen-bond acceptors (Lipinski definition) is 1. The maximum absolute atomic E-state index is 8.05. The van der Waals surface area contributed by atoms with Crippen LogP contribution >= 0.6 is 0 Å². The summed E-state index contributed by atoms with van der Waals surface area (Å²) < 4.78 is 14.0. The van der Waals surface area contributed by atoms with Crippen molar-refractivity contribution in [2.45, 2.75) is 13.1 Å². The smallest absolute Gasteiger partial charge is 0.218 e. The van der Waals surface area contributed by atoms with Gasteiger partial charge < -0.3 is 4.43 Å². The second kappa shape index (κ2) is 6.50. The maximum Gasteiger partial charge on any atom is 0.218 e. The van der Waals surface area contributed by atoms with Crippen LogP contribution in [-0.4, -0.2) is 14.9 Å². The van der Waals surface area contributed by atoms with E-state index in [0.29, 0.717) is 0 Å². The highest BCUT2D eigenvalue weighted by atomic mass is 28.4. The van der Waals surface area contributed by atoms with E-state index in [1.807, 2.05) is 54.6 Å². The molecule has 0 radical (unpaired) electrons. The monoisotopic (exact) mass is 269 g/mol. The molecule has 98 valence electrons. The van der Waals surface area contributed by atoms with Crippen molar-refractivity contribution in [1.82, 2.24) is 0 Å². The minimum Gasteiger partial charge on any atom is -0.409 e. The predicted octanol–water partition coefficient (Wildman–Crippen LogP) is 3.83. The predicted molar refractivity (Wildman–Crippen MR) is 85.0 cm³/mol. The molecule has 0 saturated heterocycles. The van der Waals surface area contributed by atoms with Crippen LogP contribution in [0.15, 0.2) is 66.7 Å². The largest absolute Gasteiger partial charge is 0.409 e. The van der Waals surface area contributed by atoms with Gasteiger partial charge in [0.15, 0.2) is 0 Å². The van der Waals surface area contributed by atoms with Gasteiger partial charge in [-0.2, -0.15) is 0 Å². The minimum atomic E-state index is -2.02. The second-order valence-electron chi connectivity index (χ2n) is 4.90. The molecular formula is C17H20OSi. The molecule has 2 rings (SSSR count). The Labute approximate surface area is 118 Å². The van der Waals surface area contributed by atoms with Crippen molar-refractivity contribution in [3.8, 4) is 0 Å². The number of benzene rings is 2. The van der Waals surface area contributed by atoms with Crippen molar-refractivity contribution in [2.75, 3.05) is 6.58 Å². The molecule has 0 bridgehead atoms. The Morgan fingerprint density at radius 3 is 2.21 bits per heavy atom. The zero-order valence-electron chi connectivity index (χ0n) is 12.4. The fraction of sp³-hybridized carbons (Fsp3) is 0.176. The molecular weight excluding hydrogens is 248 g/mol. The summed E-state index contributed by atoms with van der Waals surface area (Å²) in [6.07, 6.45) is 3.74. The highest BCUT2D eigenvalue weighted by Gasteiger charge is 2.24. The topological polar surface area (TPSA) is 9.23 Å². The summed E-state index contributed by atoms with van der Waals surface area (Å²) >= 11 is 0. The molecule has 19 heavy (non-hydrogen) atoms. The van der Waals surface area contributed by atoms with Crippen molar-refractivity contribution < 1.29 is 5.80 Å². The summed E-state index contributed by atoms with van der Waals surface area (Å²) in [4.78, 5) is 0.